The normalized spacial score (nSPS) is 21.4. The van der Waals surface area contributed by atoms with Gasteiger partial charge in [0.25, 0.3) is 0 Å². The highest BCUT2D eigenvalue weighted by atomic mass is 127. The number of carbonyl (C=O) groups excluding carboxylic acids is 1. The molecule has 0 spiro atoms. The van der Waals surface area contributed by atoms with E-state index in [2.05, 4.69) is 15.4 Å². The predicted octanol–water partition coefficient (Wildman–Crippen LogP) is 0.0762. The minimum absolute atomic E-state index is 0. The summed E-state index contributed by atoms with van der Waals surface area (Å²) in [5.41, 5.74) is 0.795. The molecule has 2 aliphatic heterocycles. The van der Waals surface area contributed by atoms with E-state index in [1.807, 2.05) is 25.1 Å². The number of hydrogen-bond donors (Lipinski definition) is 1. The van der Waals surface area contributed by atoms with Gasteiger partial charge in [-0.1, -0.05) is 0 Å². The molecule has 2 fully saturated rings. The molecular weight excluding hydrogens is 509 g/mol. The van der Waals surface area contributed by atoms with E-state index in [1.54, 1.807) is 15.8 Å². The van der Waals surface area contributed by atoms with E-state index in [0.29, 0.717) is 38.7 Å². The summed E-state index contributed by atoms with van der Waals surface area (Å²) in [6.45, 7) is 5.02. The first-order valence-corrected chi connectivity index (χ1v) is 11.4. The summed E-state index contributed by atoms with van der Waals surface area (Å²) < 4.78 is 27.1. The smallest absolute Gasteiger partial charge is 0.246 e. The number of guanidine groups is 1. The number of sulfonamides is 1. The predicted molar refractivity (Wildman–Crippen MR) is 123 cm³/mol. The summed E-state index contributed by atoms with van der Waals surface area (Å²) in [6.07, 6.45) is 6.42. The van der Waals surface area contributed by atoms with Gasteiger partial charge >= 0.3 is 0 Å². The van der Waals surface area contributed by atoms with E-state index >= 15 is 0 Å². The number of hydrogen-bond acceptors (Lipinski definition) is 5. The van der Waals surface area contributed by atoms with Crippen LogP contribution in [-0.4, -0.2) is 90.8 Å². The monoisotopic (exact) mass is 539 g/mol. The number of aliphatic imine (C=N–C) groups is 1. The molecule has 0 aliphatic carbocycles. The van der Waals surface area contributed by atoms with Gasteiger partial charge < -0.3 is 15.1 Å². The van der Waals surface area contributed by atoms with Gasteiger partial charge in [-0.15, -0.1) is 24.0 Å². The van der Waals surface area contributed by atoms with Crippen molar-refractivity contribution >= 4 is 51.6 Å². The Morgan fingerprint density at radius 3 is 2.69 bits per heavy atom. The molecule has 3 rings (SSSR count). The van der Waals surface area contributed by atoms with Crippen LogP contribution >= 0.6 is 24.0 Å². The van der Waals surface area contributed by atoms with Crippen molar-refractivity contribution in [2.75, 3.05) is 50.4 Å². The Labute approximate surface area is 189 Å². The number of aromatic nitrogens is 2. The van der Waals surface area contributed by atoms with Crippen LogP contribution < -0.4 is 10.2 Å². The maximum absolute atomic E-state index is 12.6. The molecule has 0 radical (unpaired) electrons. The lowest BCUT2D eigenvalue weighted by Crippen LogP contribution is -2.55. The molecule has 0 saturated carbocycles. The molecule has 1 atom stereocenters. The largest absolute Gasteiger partial charge is 0.357 e. The van der Waals surface area contributed by atoms with Gasteiger partial charge in [0.05, 0.1) is 24.7 Å². The Kier molecular flexibility index (Phi) is 8.28. The average molecular weight is 539 g/mol. The van der Waals surface area contributed by atoms with Gasteiger partial charge in [0.1, 0.15) is 6.54 Å². The number of halogens is 1. The molecule has 0 aromatic carbocycles. The quantitative estimate of drug-likeness (QED) is 0.323. The van der Waals surface area contributed by atoms with Crippen molar-refractivity contribution in [2.24, 2.45) is 12.0 Å². The number of piperazine rings is 1. The second-order valence-electron chi connectivity index (χ2n) is 7.20. The Balaban J connectivity index is 0.00000300. The molecule has 10 nitrogen and oxygen atoms in total. The Morgan fingerprint density at radius 2 is 2.10 bits per heavy atom. The lowest BCUT2D eigenvalue weighted by atomic mass is 10.2. The molecule has 1 aromatic rings. The van der Waals surface area contributed by atoms with E-state index < -0.39 is 10.0 Å². The Hall–Kier alpha value is -1.41. The van der Waals surface area contributed by atoms with Crippen LogP contribution in [0.2, 0.25) is 0 Å². The van der Waals surface area contributed by atoms with Crippen LogP contribution in [0.15, 0.2) is 17.4 Å². The van der Waals surface area contributed by atoms with Crippen molar-refractivity contribution < 1.29 is 13.2 Å². The first-order chi connectivity index (χ1) is 13.3. The maximum atomic E-state index is 12.6. The van der Waals surface area contributed by atoms with Crippen LogP contribution in [0.4, 0.5) is 5.69 Å². The van der Waals surface area contributed by atoms with Crippen LogP contribution in [-0.2, 0) is 21.9 Å². The van der Waals surface area contributed by atoms with Crippen LogP contribution in [0.1, 0.15) is 19.8 Å². The molecule has 0 unspecified atom stereocenters. The van der Waals surface area contributed by atoms with E-state index in [0.717, 1.165) is 18.5 Å². The molecule has 1 amide bonds. The lowest BCUT2D eigenvalue weighted by molar-refractivity contribution is -0.120. The summed E-state index contributed by atoms with van der Waals surface area (Å²) in [5.74, 6) is 0.644. The SMILES string of the molecule is CCNC(=NC[C@H]1CCCN1S(C)(=O)=O)N1CCN(c2cnn(C)c2)C(=O)C1.I. The van der Waals surface area contributed by atoms with Crippen molar-refractivity contribution in [1.29, 1.82) is 0 Å². The number of nitrogens with zero attached hydrogens (tertiary/aromatic N) is 6. The van der Waals surface area contributed by atoms with Crippen LogP contribution in [0.5, 0.6) is 0 Å². The second kappa shape index (κ2) is 10.1. The number of rotatable bonds is 5. The van der Waals surface area contributed by atoms with Gasteiger partial charge in [-0.25, -0.2) is 8.42 Å². The Bertz CT molecular complexity index is 842. The number of nitrogens with one attached hydrogen (secondary N) is 1. The molecule has 2 aliphatic rings. The molecule has 1 N–H and O–H groups in total. The highest BCUT2D eigenvalue weighted by Gasteiger charge is 2.32. The maximum Gasteiger partial charge on any atom is 0.246 e. The highest BCUT2D eigenvalue weighted by Crippen LogP contribution is 2.21. The standard InChI is InChI=1S/C17H29N7O3S.HI/c1-4-18-17(19-10-14-6-5-7-24(14)28(3,26)27)22-8-9-23(16(25)13-22)15-11-20-21(2)12-15;/h11-12,14H,4-10,13H2,1-3H3,(H,18,19);1H/t14-;/m1./s1. The number of amides is 1. The van der Waals surface area contributed by atoms with Gasteiger partial charge in [0, 0.05) is 45.5 Å². The fraction of sp³-hybridized carbons (Fsp3) is 0.706. The first-order valence-electron chi connectivity index (χ1n) is 9.58. The summed E-state index contributed by atoms with van der Waals surface area (Å²) in [6, 6.07) is -0.115. The molecular formula is C17H30IN7O3S. The molecule has 164 valence electrons. The van der Waals surface area contributed by atoms with Crippen molar-refractivity contribution in [1.82, 2.24) is 24.3 Å². The average Bonchev–Trinajstić information content (AvgIpc) is 3.27. The second-order valence-corrected chi connectivity index (χ2v) is 9.14. The molecule has 3 heterocycles. The summed E-state index contributed by atoms with van der Waals surface area (Å²) in [5, 5.41) is 7.36. The highest BCUT2D eigenvalue weighted by molar-refractivity contribution is 14.0. The fourth-order valence-electron chi connectivity index (χ4n) is 3.72. The number of carbonyl (C=O) groups is 1. The van der Waals surface area contributed by atoms with Crippen molar-refractivity contribution in [3.63, 3.8) is 0 Å². The molecule has 12 heteroatoms. The third-order valence-corrected chi connectivity index (χ3v) is 6.39. The third kappa shape index (κ3) is 5.81. The zero-order chi connectivity index (χ0) is 20.3. The van der Waals surface area contributed by atoms with Gasteiger partial charge in [0.2, 0.25) is 15.9 Å². The van der Waals surface area contributed by atoms with Gasteiger partial charge in [-0.05, 0) is 19.8 Å². The van der Waals surface area contributed by atoms with Crippen molar-refractivity contribution in [2.45, 2.75) is 25.8 Å². The van der Waals surface area contributed by atoms with Crippen LogP contribution in [0, 0.1) is 0 Å². The summed E-state index contributed by atoms with van der Waals surface area (Å²) >= 11 is 0. The topological polar surface area (TPSA) is 103 Å². The number of aryl methyl sites for hydroxylation is 1. The van der Waals surface area contributed by atoms with Gasteiger partial charge in [-0.3, -0.25) is 14.5 Å². The zero-order valence-electron chi connectivity index (χ0n) is 17.1. The zero-order valence-corrected chi connectivity index (χ0v) is 20.3. The van der Waals surface area contributed by atoms with Crippen LogP contribution in [0.25, 0.3) is 0 Å². The molecule has 0 bridgehead atoms. The number of anilines is 1. The van der Waals surface area contributed by atoms with E-state index in [-0.39, 0.29) is 42.5 Å². The first kappa shape index (κ1) is 23.9. The van der Waals surface area contributed by atoms with Crippen LogP contribution in [0.3, 0.4) is 0 Å². The molecule has 1 aromatic heterocycles. The van der Waals surface area contributed by atoms with E-state index in [4.69, 9.17) is 0 Å². The van der Waals surface area contributed by atoms with Gasteiger partial charge in [0.15, 0.2) is 5.96 Å². The van der Waals surface area contributed by atoms with Crippen molar-refractivity contribution in [3.05, 3.63) is 12.4 Å². The molecule has 2 saturated heterocycles. The lowest BCUT2D eigenvalue weighted by Gasteiger charge is -2.35. The minimum Gasteiger partial charge on any atom is -0.357 e. The van der Waals surface area contributed by atoms with Crippen molar-refractivity contribution in [3.8, 4) is 0 Å². The van der Waals surface area contributed by atoms with Gasteiger partial charge in [-0.2, -0.15) is 9.40 Å². The molecule has 29 heavy (non-hydrogen) atoms. The third-order valence-electron chi connectivity index (χ3n) is 5.06. The van der Waals surface area contributed by atoms with E-state index in [9.17, 15) is 13.2 Å². The fourth-order valence-corrected chi connectivity index (χ4v) is 4.90. The summed E-state index contributed by atoms with van der Waals surface area (Å²) in [7, 11) is -1.40. The van der Waals surface area contributed by atoms with E-state index in [1.165, 1.54) is 10.6 Å². The minimum atomic E-state index is -3.22. The Morgan fingerprint density at radius 1 is 1.34 bits per heavy atom. The summed E-state index contributed by atoms with van der Waals surface area (Å²) in [4.78, 5) is 21.0.